The van der Waals surface area contributed by atoms with Gasteiger partial charge in [-0.2, -0.15) is 0 Å². The molecular formula is C65H52B2BrN4O2S2. The molecule has 0 bridgehead atoms. The van der Waals surface area contributed by atoms with Gasteiger partial charge in [0.05, 0.1) is 31.7 Å². The van der Waals surface area contributed by atoms with Crippen molar-refractivity contribution in [3.05, 3.63) is 238 Å². The fourth-order valence-electron chi connectivity index (χ4n) is 10.2. The first-order chi connectivity index (χ1) is 36.4. The second kappa shape index (κ2) is 23.1. The Morgan fingerprint density at radius 1 is 0.474 bits per heavy atom. The van der Waals surface area contributed by atoms with E-state index in [0.29, 0.717) is 11.9 Å². The van der Waals surface area contributed by atoms with Crippen LogP contribution in [-0.4, -0.2) is 46.2 Å². The summed E-state index contributed by atoms with van der Waals surface area (Å²) in [4.78, 5) is 23.2. The third-order valence-corrected chi connectivity index (χ3v) is 16.6. The van der Waals surface area contributed by atoms with Gasteiger partial charge in [0.2, 0.25) is 0 Å². The van der Waals surface area contributed by atoms with Gasteiger partial charge in [-0.1, -0.05) is 171 Å². The Hall–Kier alpha value is -7.63. The Kier molecular flexibility index (Phi) is 15.7. The molecule has 6 nitrogen and oxygen atoms in total. The van der Waals surface area contributed by atoms with Crippen LogP contribution in [0.1, 0.15) is 33.7 Å². The van der Waals surface area contributed by atoms with Crippen LogP contribution in [0.3, 0.4) is 0 Å². The number of hydrogen-bond donors (Lipinski definition) is 2. The number of aryl methyl sites for hydroxylation is 1. The lowest BCUT2D eigenvalue weighted by Gasteiger charge is -2.22. The first-order valence-electron chi connectivity index (χ1n) is 24.7. The summed E-state index contributed by atoms with van der Waals surface area (Å²) in [6, 6.07) is 71.6. The molecule has 0 amide bonds. The van der Waals surface area contributed by atoms with Crippen molar-refractivity contribution in [2.75, 3.05) is 0 Å². The van der Waals surface area contributed by atoms with E-state index in [9.17, 15) is 10.0 Å². The number of thiophene rings is 2. The predicted octanol–water partition coefficient (Wildman–Crippen LogP) is 15.7. The lowest BCUT2D eigenvalue weighted by atomic mass is 9.71. The van der Waals surface area contributed by atoms with E-state index in [-0.39, 0.29) is 17.3 Å². The van der Waals surface area contributed by atoms with Crippen molar-refractivity contribution in [2.45, 2.75) is 33.1 Å². The Bertz CT molecular complexity index is 4230. The summed E-state index contributed by atoms with van der Waals surface area (Å²) in [5, 5.41) is 27.2. The maximum atomic E-state index is 9.74. The number of hydrogen-bond acceptors (Lipinski definition) is 8. The smallest absolute Gasteiger partial charge is 0.423 e. The molecule has 1 aliphatic heterocycles. The maximum Gasteiger partial charge on any atom is 0.484 e. The van der Waals surface area contributed by atoms with Crippen molar-refractivity contribution >= 4 is 120 Å². The van der Waals surface area contributed by atoms with Crippen LogP contribution in [0.4, 0.5) is 5.69 Å². The molecule has 2 aliphatic rings. The van der Waals surface area contributed by atoms with Crippen molar-refractivity contribution in [1.82, 2.24) is 15.0 Å². The van der Waals surface area contributed by atoms with Gasteiger partial charge in [0.25, 0.3) is 0 Å². The lowest BCUT2D eigenvalue weighted by Crippen LogP contribution is -2.38. The third-order valence-electron chi connectivity index (χ3n) is 13.8. The van der Waals surface area contributed by atoms with Crippen LogP contribution in [0.2, 0.25) is 0 Å². The van der Waals surface area contributed by atoms with Crippen molar-refractivity contribution in [3.8, 4) is 42.6 Å². The molecule has 0 unspecified atom stereocenters. The summed E-state index contributed by atoms with van der Waals surface area (Å²) >= 11 is 7.04. The van der Waals surface area contributed by atoms with Crippen LogP contribution in [0, 0.1) is 0 Å². The molecule has 5 aromatic heterocycles. The fraction of sp³-hybridized carbons (Fsp3) is 0.0769. The molecule has 11 heteroatoms. The highest BCUT2D eigenvalue weighted by molar-refractivity contribution is 9.11. The molecule has 0 fully saturated rings. The summed E-state index contributed by atoms with van der Waals surface area (Å²) in [5.41, 5.74) is 14.0. The highest BCUT2D eigenvalue weighted by Gasteiger charge is 2.25. The van der Waals surface area contributed by atoms with Crippen molar-refractivity contribution in [2.24, 2.45) is 4.99 Å². The number of rotatable bonds is 6. The van der Waals surface area contributed by atoms with Crippen molar-refractivity contribution < 1.29 is 11.5 Å². The average Bonchev–Trinajstić information content (AvgIpc) is 4.15. The van der Waals surface area contributed by atoms with E-state index >= 15 is 0 Å². The Morgan fingerprint density at radius 3 is 1.74 bits per heavy atom. The van der Waals surface area contributed by atoms with E-state index in [4.69, 9.17) is 9.98 Å². The zero-order chi connectivity index (χ0) is 50.0. The lowest BCUT2D eigenvalue weighted by molar-refractivity contribution is 0.424. The van der Waals surface area contributed by atoms with Crippen molar-refractivity contribution in [3.63, 3.8) is 0 Å². The molecule has 76 heavy (non-hydrogen) atoms. The first kappa shape index (κ1) is 51.8. The number of fused-ring (bicyclic) bond motifs is 8. The van der Waals surface area contributed by atoms with Crippen LogP contribution in [0.5, 0.6) is 0 Å². The van der Waals surface area contributed by atoms with Gasteiger partial charge in [-0.25, -0.2) is 4.98 Å². The van der Waals surface area contributed by atoms with E-state index in [0.717, 1.165) is 85.1 Å². The minimum absolute atomic E-state index is 0. The average molecular weight is 1090 g/mol. The number of nitrogens with zero attached hydrogens (tertiary/aromatic N) is 4. The molecule has 3 radical (unpaired) electrons. The Balaban J connectivity index is 0.000000153. The SMILES string of the molecule is Brc1ccc(-c2ccccc2)s1.C.OB(O)C1=c2ccccc2=C(C2=Nc3c(ccc4cccnc34)CC2)CC1.[2HH].[B].c1ccc(-c2ccc(-c3ccc(-c4ccc5ccc6cccnc6c5n4)c4ccccc34)s2)cc1. The van der Waals surface area contributed by atoms with Crippen LogP contribution in [0.15, 0.2) is 227 Å². The normalized spacial score (nSPS) is 12.5. The number of aliphatic imine (C=N–C) groups is 1. The molecule has 12 aromatic rings. The quantitative estimate of drug-likeness (QED) is 0.128. The van der Waals surface area contributed by atoms with E-state index in [1.54, 1.807) is 11.3 Å². The monoisotopic (exact) mass is 1090 g/mol. The van der Waals surface area contributed by atoms with Gasteiger partial charge in [0.1, 0.15) is 0 Å². The molecule has 0 spiro atoms. The standard InChI is InChI=1S/C32H20N2S.C22H19BN2O2.C10H7BrS.CH4.B.H2/c1-2-7-21(8-3-1)29-18-19-30(35-29)27-16-15-26(24-10-4-5-11-25(24)27)28-17-14-23-13-12-22-9-6-20-33-31(22)32(23)34-28;26-23(27)19-11-10-18(16-5-1-2-6-17(16)19)20-12-9-15-8-7-14-4-3-13-24-21(14)22(15)25-20;11-10-7-6-9(12-10)8-4-2-1-3-5-8;;;/h1-20H;1-8,13,26-27H,9-12H2;1-7H;1H4;;1H/i;;;;;1+1. The summed E-state index contributed by atoms with van der Waals surface area (Å²) in [6.07, 6.45) is 6.92. The van der Waals surface area contributed by atoms with Crippen LogP contribution in [0.25, 0.3) is 97.1 Å². The van der Waals surface area contributed by atoms with Crippen LogP contribution < -0.4 is 10.4 Å². The maximum absolute atomic E-state index is 9.74. The molecule has 0 atom stereocenters. The van der Waals surface area contributed by atoms with E-state index < -0.39 is 7.12 Å². The summed E-state index contributed by atoms with van der Waals surface area (Å²) in [6.45, 7) is 0. The molecule has 1 aliphatic carbocycles. The molecule has 0 saturated heterocycles. The van der Waals surface area contributed by atoms with Crippen molar-refractivity contribution in [1.29, 1.82) is 0 Å². The topological polar surface area (TPSA) is 91.5 Å². The van der Waals surface area contributed by atoms with E-state index in [1.807, 2.05) is 60.1 Å². The predicted molar refractivity (Wildman–Crippen MR) is 330 cm³/mol. The van der Waals surface area contributed by atoms with Gasteiger partial charge in [-0.15, -0.1) is 22.7 Å². The zero-order valence-electron chi connectivity index (χ0n) is 40.6. The number of aromatic nitrogens is 3. The summed E-state index contributed by atoms with van der Waals surface area (Å²) < 4.78 is 1.18. The zero-order valence-corrected chi connectivity index (χ0v) is 43.9. The second-order valence-electron chi connectivity index (χ2n) is 18.2. The third kappa shape index (κ3) is 10.5. The van der Waals surface area contributed by atoms with Gasteiger partial charge < -0.3 is 10.0 Å². The van der Waals surface area contributed by atoms with Gasteiger partial charge >= 0.3 is 7.12 Å². The second-order valence-corrected chi connectivity index (χ2v) is 21.8. The largest absolute Gasteiger partial charge is 0.484 e. The van der Waals surface area contributed by atoms with Gasteiger partial charge in [0, 0.05) is 64.3 Å². The highest BCUT2D eigenvalue weighted by atomic mass is 79.9. The molecule has 369 valence electrons. The minimum atomic E-state index is -1.41. The Labute approximate surface area is 462 Å². The number of halogens is 1. The van der Waals surface area contributed by atoms with Gasteiger partial charge in [0.15, 0.2) is 0 Å². The van der Waals surface area contributed by atoms with E-state index in [1.165, 1.54) is 57.0 Å². The molecule has 0 saturated carbocycles. The highest BCUT2D eigenvalue weighted by Crippen LogP contribution is 2.41. The summed E-state index contributed by atoms with van der Waals surface area (Å²) in [5.74, 6) is 0. The molecule has 7 aromatic carbocycles. The molecule has 2 N–H and O–H groups in total. The first-order valence-corrected chi connectivity index (χ1v) is 27.1. The van der Waals surface area contributed by atoms with Crippen LogP contribution in [-0.2, 0) is 6.42 Å². The van der Waals surface area contributed by atoms with Gasteiger partial charge in [-0.05, 0) is 139 Å². The molecule has 6 heterocycles. The van der Waals surface area contributed by atoms with E-state index in [2.05, 4.69) is 196 Å². The summed E-state index contributed by atoms with van der Waals surface area (Å²) in [7, 11) is -1.41. The Morgan fingerprint density at radius 2 is 1.04 bits per heavy atom. The minimum Gasteiger partial charge on any atom is -0.423 e. The van der Waals surface area contributed by atoms with Crippen LogP contribution >= 0.6 is 38.6 Å². The fourth-order valence-corrected chi connectivity index (χ4v) is 12.6. The molecule has 14 rings (SSSR count). The number of benzene rings is 7. The van der Waals surface area contributed by atoms with Gasteiger partial charge in [-0.3, -0.25) is 15.0 Å². The number of pyridine rings is 3. The molecular weight excluding hydrogens is 1030 g/mol.